The van der Waals surface area contributed by atoms with Crippen LogP contribution in [-0.2, 0) is 15.0 Å². The molecule has 1 amide bonds. The van der Waals surface area contributed by atoms with Gasteiger partial charge in [0, 0.05) is 61.2 Å². The average molecular weight is 535 g/mol. The Hall–Kier alpha value is -3.90. The van der Waals surface area contributed by atoms with E-state index >= 15 is 0 Å². The molecule has 3 aromatic rings. The predicted molar refractivity (Wildman–Crippen MR) is 141 cm³/mol. The molecule has 7 rings (SSSR count). The third kappa shape index (κ3) is 3.51. The maximum Gasteiger partial charge on any atom is 0.304 e. The van der Waals surface area contributed by atoms with Crippen LogP contribution >= 0.6 is 0 Å². The lowest BCUT2D eigenvalue weighted by atomic mass is 9.94. The van der Waals surface area contributed by atoms with Crippen LogP contribution in [-0.4, -0.2) is 61.4 Å². The van der Waals surface area contributed by atoms with Gasteiger partial charge in [0.2, 0.25) is 11.8 Å². The third-order valence-electron chi connectivity index (χ3n) is 7.51. The number of hydrogen-bond acceptors (Lipinski definition) is 8. The van der Waals surface area contributed by atoms with E-state index in [1.54, 1.807) is 30.4 Å². The molecule has 6 heterocycles. The number of rotatable bonds is 3. The number of benzene rings is 1. The van der Waals surface area contributed by atoms with Crippen LogP contribution in [0.25, 0.3) is 11.1 Å². The van der Waals surface area contributed by atoms with Gasteiger partial charge in [0.25, 0.3) is 0 Å². The van der Waals surface area contributed by atoms with E-state index in [9.17, 15) is 13.2 Å². The van der Waals surface area contributed by atoms with Crippen molar-refractivity contribution < 1.29 is 22.7 Å². The Labute approximate surface area is 220 Å². The lowest BCUT2D eigenvalue weighted by Gasteiger charge is -2.30. The zero-order chi connectivity index (χ0) is 26.2. The van der Waals surface area contributed by atoms with Gasteiger partial charge in [-0.1, -0.05) is 0 Å². The molecule has 0 bridgehead atoms. The van der Waals surface area contributed by atoms with Gasteiger partial charge in [0.15, 0.2) is 0 Å². The Bertz CT molecular complexity index is 1590. The quantitative estimate of drug-likeness (QED) is 0.544. The van der Waals surface area contributed by atoms with Crippen molar-refractivity contribution in [2.24, 2.45) is 0 Å². The number of likely N-dealkylation sites (N-methyl/N-ethyl adjacent to an activating group) is 1. The SMILES string of the molecule is CC1Oc2cc(N3CCCC3=O)ccc2-c2cnc(Nc3cnc4c(c3)N3[C@H](CO4)CN(C)S3(=O)=O)cc21. The number of carbonyl (C=O) groups is 1. The molecular weight excluding hydrogens is 508 g/mol. The monoisotopic (exact) mass is 534 g/mol. The molecule has 1 N–H and O–H groups in total. The number of aromatic nitrogens is 2. The van der Waals surface area contributed by atoms with Crippen molar-refractivity contribution in [3.8, 4) is 22.8 Å². The highest BCUT2D eigenvalue weighted by atomic mass is 32.2. The lowest BCUT2D eigenvalue weighted by molar-refractivity contribution is -0.117. The molecule has 1 unspecified atom stereocenters. The molecule has 12 heteroatoms. The van der Waals surface area contributed by atoms with E-state index in [1.165, 1.54) is 8.61 Å². The van der Waals surface area contributed by atoms with Gasteiger partial charge >= 0.3 is 10.2 Å². The molecule has 0 saturated carbocycles. The molecule has 2 fully saturated rings. The number of fused-ring (bicyclic) bond motifs is 6. The highest BCUT2D eigenvalue weighted by molar-refractivity contribution is 7.90. The second kappa shape index (κ2) is 8.30. The van der Waals surface area contributed by atoms with Crippen LogP contribution in [0, 0.1) is 0 Å². The summed E-state index contributed by atoms with van der Waals surface area (Å²) in [4.78, 5) is 23.0. The van der Waals surface area contributed by atoms with E-state index in [-0.39, 0.29) is 30.5 Å². The summed E-state index contributed by atoms with van der Waals surface area (Å²) in [5, 5.41) is 3.25. The maximum atomic E-state index is 12.9. The largest absolute Gasteiger partial charge is 0.485 e. The van der Waals surface area contributed by atoms with Crippen molar-refractivity contribution in [3.63, 3.8) is 0 Å². The van der Waals surface area contributed by atoms with E-state index in [0.717, 1.165) is 41.1 Å². The Morgan fingerprint density at radius 2 is 1.97 bits per heavy atom. The molecule has 2 saturated heterocycles. The number of ether oxygens (including phenoxy) is 2. The summed E-state index contributed by atoms with van der Waals surface area (Å²) < 4.78 is 40.4. The number of pyridine rings is 2. The fourth-order valence-electron chi connectivity index (χ4n) is 5.62. The molecule has 11 nitrogen and oxygen atoms in total. The van der Waals surface area contributed by atoms with Crippen molar-refractivity contribution in [1.29, 1.82) is 0 Å². The van der Waals surface area contributed by atoms with Crippen LogP contribution in [0.3, 0.4) is 0 Å². The normalized spacial score (nSPS) is 23.2. The minimum absolute atomic E-state index is 0.139. The first-order chi connectivity index (χ1) is 18.3. The number of nitrogens with one attached hydrogen (secondary N) is 1. The van der Waals surface area contributed by atoms with Gasteiger partial charge in [-0.3, -0.25) is 4.79 Å². The summed E-state index contributed by atoms with van der Waals surface area (Å²) in [6, 6.07) is 9.23. The van der Waals surface area contributed by atoms with Crippen LogP contribution in [0.2, 0.25) is 0 Å². The Morgan fingerprint density at radius 1 is 1.11 bits per heavy atom. The minimum Gasteiger partial charge on any atom is -0.485 e. The predicted octanol–water partition coefficient (Wildman–Crippen LogP) is 3.23. The van der Waals surface area contributed by atoms with Gasteiger partial charge in [-0.15, -0.1) is 0 Å². The molecule has 4 aliphatic rings. The van der Waals surface area contributed by atoms with Gasteiger partial charge in [0.05, 0.1) is 17.9 Å². The minimum atomic E-state index is -3.62. The molecule has 2 atom stereocenters. The molecule has 2 aromatic heterocycles. The summed E-state index contributed by atoms with van der Waals surface area (Å²) in [5.41, 5.74) is 4.72. The average Bonchev–Trinajstić information content (AvgIpc) is 3.43. The van der Waals surface area contributed by atoms with Crippen molar-refractivity contribution in [2.75, 3.05) is 41.3 Å². The van der Waals surface area contributed by atoms with Gasteiger partial charge in [-0.25, -0.2) is 14.3 Å². The van der Waals surface area contributed by atoms with Gasteiger partial charge in [-0.05, 0) is 37.6 Å². The summed E-state index contributed by atoms with van der Waals surface area (Å²) >= 11 is 0. The molecule has 0 spiro atoms. The summed E-state index contributed by atoms with van der Waals surface area (Å²) in [6.45, 7) is 3.33. The topological polar surface area (TPSA) is 117 Å². The highest BCUT2D eigenvalue weighted by Gasteiger charge is 2.46. The standard InChI is InChI=1S/C26H26N6O5S/c1-15-20-10-24(27-12-21(20)19-6-5-17(9-23(19)37-15)31-7-3-4-25(31)33)29-16-8-22-26(28-11-16)36-14-18-13-30(2)38(34,35)32(18)22/h5-6,8-12,15,18H,3-4,7,13-14H2,1-2H3,(H,27,29)/t15?,18-/m0/s1. The molecule has 38 heavy (non-hydrogen) atoms. The zero-order valence-electron chi connectivity index (χ0n) is 20.9. The lowest BCUT2D eigenvalue weighted by Crippen LogP contribution is -2.42. The molecule has 196 valence electrons. The van der Waals surface area contributed by atoms with Crippen molar-refractivity contribution in [3.05, 3.63) is 48.3 Å². The first kappa shape index (κ1) is 23.2. The van der Waals surface area contributed by atoms with Crippen LogP contribution in [0.4, 0.5) is 22.9 Å². The van der Waals surface area contributed by atoms with Crippen LogP contribution in [0.1, 0.15) is 31.4 Å². The first-order valence-electron chi connectivity index (χ1n) is 12.6. The van der Waals surface area contributed by atoms with Crippen molar-refractivity contribution in [1.82, 2.24) is 14.3 Å². The van der Waals surface area contributed by atoms with Crippen molar-refractivity contribution >= 4 is 39.0 Å². The highest BCUT2D eigenvalue weighted by Crippen LogP contribution is 2.45. The summed E-state index contributed by atoms with van der Waals surface area (Å²) in [5.74, 6) is 1.74. The number of carbonyl (C=O) groups excluding carboxylic acids is 1. The number of amides is 1. The van der Waals surface area contributed by atoms with Gasteiger partial charge in [-0.2, -0.15) is 12.7 Å². The van der Waals surface area contributed by atoms with E-state index in [0.29, 0.717) is 30.2 Å². The molecular formula is C26H26N6O5S. The second-order valence-corrected chi connectivity index (χ2v) is 11.9. The number of hydrogen-bond donors (Lipinski definition) is 1. The third-order valence-corrected chi connectivity index (χ3v) is 9.44. The van der Waals surface area contributed by atoms with Crippen molar-refractivity contribution in [2.45, 2.75) is 31.9 Å². The van der Waals surface area contributed by atoms with Crippen LogP contribution < -0.4 is 24.0 Å². The Morgan fingerprint density at radius 3 is 2.79 bits per heavy atom. The fraction of sp³-hybridized carbons (Fsp3) is 0.346. The van der Waals surface area contributed by atoms with Crippen LogP contribution in [0.5, 0.6) is 11.6 Å². The number of nitrogens with zero attached hydrogens (tertiary/aromatic N) is 5. The van der Waals surface area contributed by atoms with Crippen LogP contribution in [0.15, 0.2) is 42.7 Å². The smallest absolute Gasteiger partial charge is 0.304 e. The van der Waals surface area contributed by atoms with Gasteiger partial charge < -0.3 is 19.7 Å². The second-order valence-electron chi connectivity index (χ2n) is 9.97. The number of anilines is 4. The zero-order valence-corrected chi connectivity index (χ0v) is 21.7. The summed E-state index contributed by atoms with van der Waals surface area (Å²) in [7, 11) is -2.06. The maximum absolute atomic E-state index is 12.9. The molecule has 1 aromatic carbocycles. The van der Waals surface area contributed by atoms with Gasteiger partial charge in [0.1, 0.15) is 30.0 Å². The van der Waals surface area contributed by atoms with E-state index in [4.69, 9.17) is 9.47 Å². The summed E-state index contributed by atoms with van der Waals surface area (Å²) in [6.07, 6.45) is 4.62. The van der Waals surface area contributed by atoms with E-state index in [2.05, 4.69) is 15.3 Å². The molecule has 0 aliphatic carbocycles. The Kier molecular flexibility index (Phi) is 5.08. The fourth-order valence-corrected chi connectivity index (χ4v) is 7.17. The molecule has 4 aliphatic heterocycles. The Balaban J connectivity index is 1.19. The van der Waals surface area contributed by atoms with E-state index in [1.807, 2.05) is 31.2 Å². The first-order valence-corrected chi connectivity index (χ1v) is 14.0. The van der Waals surface area contributed by atoms with E-state index < -0.39 is 10.2 Å². The molecule has 0 radical (unpaired) electrons.